The number of nitro groups is 1. The zero-order chi connectivity index (χ0) is 32.4. The number of hydrogen-bond acceptors (Lipinski definition) is 6. The van der Waals surface area contributed by atoms with Crippen molar-refractivity contribution in [3.05, 3.63) is 136 Å². The van der Waals surface area contributed by atoms with Crippen LogP contribution < -0.4 is 9.62 Å². The van der Waals surface area contributed by atoms with Crippen molar-refractivity contribution in [2.75, 3.05) is 17.4 Å². The zero-order valence-corrected chi connectivity index (χ0v) is 26.0. The molecule has 0 aliphatic heterocycles. The van der Waals surface area contributed by atoms with Gasteiger partial charge >= 0.3 is 0 Å². The van der Waals surface area contributed by atoms with Gasteiger partial charge in [0.15, 0.2) is 0 Å². The van der Waals surface area contributed by atoms with Crippen LogP contribution in [0, 0.1) is 17.0 Å². The number of sulfonamides is 1. The highest BCUT2D eigenvalue weighted by atomic mass is 32.2. The van der Waals surface area contributed by atoms with Gasteiger partial charge in [0.05, 0.1) is 15.5 Å². The number of aryl methyl sites for hydroxylation is 1. The summed E-state index contributed by atoms with van der Waals surface area (Å²) in [5, 5.41) is 14.5. The van der Waals surface area contributed by atoms with Crippen LogP contribution in [0.1, 0.15) is 30.0 Å². The summed E-state index contributed by atoms with van der Waals surface area (Å²) < 4.78 is 28.9. The van der Waals surface area contributed by atoms with E-state index in [0.29, 0.717) is 13.0 Å². The number of amides is 2. The van der Waals surface area contributed by atoms with Crippen molar-refractivity contribution < 1.29 is 22.9 Å². The molecule has 45 heavy (non-hydrogen) atoms. The highest BCUT2D eigenvalue weighted by Crippen LogP contribution is 2.28. The second-order valence-electron chi connectivity index (χ2n) is 10.5. The van der Waals surface area contributed by atoms with Gasteiger partial charge in [-0.2, -0.15) is 0 Å². The molecule has 2 amide bonds. The Balaban J connectivity index is 1.83. The quantitative estimate of drug-likeness (QED) is 0.150. The van der Waals surface area contributed by atoms with Crippen molar-refractivity contribution in [1.82, 2.24) is 10.2 Å². The van der Waals surface area contributed by atoms with Crippen LogP contribution in [0.2, 0.25) is 0 Å². The maximum Gasteiger partial charge on any atom is 0.271 e. The number of nitro benzene ring substituents is 1. The van der Waals surface area contributed by atoms with Crippen molar-refractivity contribution >= 4 is 33.2 Å². The number of non-ortho nitro benzene ring substituents is 1. The SMILES string of the molecule is CCCNC(=O)[C@@H](Cc1ccccc1)N(Cc1ccccc1C)C(=O)CN(c1cccc([N+](=O)[O-])c1)S(=O)(=O)c1ccccc1. The molecule has 11 heteroatoms. The van der Waals surface area contributed by atoms with Crippen LogP contribution in [0.5, 0.6) is 0 Å². The first-order chi connectivity index (χ1) is 21.6. The maximum atomic E-state index is 14.5. The lowest BCUT2D eigenvalue weighted by atomic mass is 10.0. The number of hydrogen-bond donors (Lipinski definition) is 1. The van der Waals surface area contributed by atoms with Gasteiger partial charge in [0.2, 0.25) is 11.8 Å². The molecule has 0 aliphatic rings. The van der Waals surface area contributed by atoms with E-state index in [4.69, 9.17) is 0 Å². The van der Waals surface area contributed by atoms with E-state index in [0.717, 1.165) is 27.1 Å². The summed E-state index contributed by atoms with van der Waals surface area (Å²) in [5.41, 5.74) is 2.14. The van der Waals surface area contributed by atoms with Crippen LogP contribution in [0.3, 0.4) is 0 Å². The van der Waals surface area contributed by atoms with Gasteiger partial charge in [-0.3, -0.25) is 24.0 Å². The van der Waals surface area contributed by atoms with Crippen LogP contribution >= 0.6 is 0 Å². The van der Waals surface area contributed by atoms with E-state index in [9.17, 15) is 28.1 Å². The molecule has 0 unspecified atom stereocenters. The minimum absolute atomic E-state index is 0.0384. The largest absolute Gasteiger partial charge is 0.354 e. The Hall–Kier alpha value is -5.03. The van der Waals surface area contributed by atoms with Crippen molar-refractivity contribution in [2.45, 2.75) is 44.2 Å². The number of anilines is 1. The predicted octanol–water partition coefficient (Wildman–Crippen LogP) is 5.26. The zero-order valence-electron chi connectivity index (χ0n) is 25.2. The van der Waals surface area contributed by atoms with Crippen molar-refractivity contribution in [1.29, 1.82) is 0 Å². The summed E-state index contributed by atoms with van der Waals surface area (Å²) in [5.74, 6) is -1.01. The Bertz CT molecular complexity index is 1730. The normalized spacial score (nSPS) is 11.8. The molecular formula is C34H36N4O6S. The smallest absolute Gasteiger partial charge is 0.271 e. The van der Waals surface area contributed by atoms with E-state index >= 15 is 0 Å². The molecule has 4 rings (SSSR count). The molecular weight excluding hydrogens is 592 g/mol. The third-order valence-electron chi connectivity index (χ3n) is 7.36. The fourth-order valence-corrected chi connectivity index (χ4v) is 6.33. The molecule has 0 saturated heterocycles. The first-order valence-corrected chi connectivity index (χ1v) is 16.0. The first-order valence-electron chi connectivity index (χ1n) is 14.6. The second-order valence-corrected chi connectivity index (χ2v) is 12.4. The highest BCUT2D eigenvalue weighted by Gasteiger charge is 2.35. The average molecular weight is 629 g/mol. The van der Waals surface area contributed by atoms with Crippen LogP contribution in [0.4, 0.5) is 11.4 Å². The minimum Gasteiger partial charge on any atom is -0.354 e. The van der Waals surface area contributed by atoms with Crippen LogP contribution in [-0.4, -0.2) is 49.2 Å². The lowest BCUT2D eigenvalue weighted by molar-refractivity contribution is -0.384. The standard InChI is InChI=1S/C34H36N4O6S/c1-3-21-35-34(40)32(22-27-14-6-4-7-15-27)36(24-28-16-11-10-13-26(28)2)33(39)25-37(29-17-12-18-30(23-29)38(41)42)45(43,44)31-19-8-5-9-20-31/h4-20,23,32H,3,21-22,24-25H2,1-2H3,(H,35,40)/t32-/m1/s1. The van der Waals surface area contributed by atoms with E-state index in [-0.39, 0.29) is 35.1 Å². The number of benzene rings is 4. The number of carbonyl (C=O) groups excluding carboxylic acids is 2. The molecule has 1 atom stereocenters. The summed E-state index contributed by atoms with van der Waals surface area (Å²) >= 11 is 0. The fourth-order valence-electron chi connectivity index (χ4n) is 4.90. The summed E-state index contributed by atoms with van der Waals surface area (Å²) in [7, 11) is -4.36. The Morgan fingerprint density at radius 3 is 2.18 bits per heavy atom. The molecule has 0 spiro atoms. The summed E-state index contributed by atoms with van der Waals surface area (Å²) in [6.07, 6.45) is 0.877. The van der Waals surface area contributed by atoms with Crippen LogP contribution in [0.15, 0.2) is 114 Å². The topological polar surface area (TPSA) is 130 Å². The summed E-state index contributed by atoms with van der Waals surface area (Å²) in [6, 6.07) is 28.5. The number of rotatable bonds is 14. The van der Waals surface area contributed by atoms with Crippen molar-refractivity contribution in [3.8, 4) is 0 Å². The molecule has 234 valence electrons. The molecule has 4 aromatic rings. The molecule has 0 aliphatic carbocycles. The Morgan fingerprint density at radius 1 is 0.889 bits per heavy atom. The molecule has 0 bridgehead atoms. The number of nitrogens with zero attached hydrogens (tertiary/aromatic N) is 3. The molecule has 0 heterocycles. The van der Waals surface area contributed by atoms with Gasteiger partial charge in [-0.1, -0.05) is 85.8 Å². The average Bonchev–Trinajstić information content (AvgIpc) is 3.05. The highest BCUT2D eigenvalue weighted by molar-refractivity contribution is 7.92. The van der Waals surface area contributed by atoms with Gasteiger partial charge < -0.3 is 10.2 Å². The molecule has 4 aromatic carbocycles. The monoisotopic (exact) mass is 628 g/mol. The van der Waals surface area contributed by atoms with E-state index < -0.39 is 33.4 Å². The third-order valence-corrected chi connectivity index (χ3v) is 9.15. The summed E-state index contributed by atoms with van der Waals surface area (Å²) in [4.78, 5) is 40.5. The second kappa shape index (κ2) is 15.1. The lowest BCUT2D eigenvalue weighted by Crippen LogP contribution is -2.53. The molecule has 10 nitrogen and oxygen atoms in total. The van der Waals surface area contributed by atoms with Gasteiger partial charge in [0.25, 0.3) is 15.7 Å². The minimum atomic E-state index is -4.36. The van der Waals surface area contributed by atoms with Gasteiger partial charge in [-0.25, -0.2) is 8.42 Å². The molecule has 0 saturated carbocycles. The Morgan fingerprint density at radius 2 is 1.53 bits per heavy atom. The fraction of sp³-hybridized carbons (Fsp3) is 0.235. The van der Waals surface area contributed by atoms with Crippen molar-refractivity contribution in [3.63, 3.8) is 0 Å². The molecule has 0 aromatic heterocycles. The number of nitrogens with one attached hydrogen (secondary N) is 1. The summed E-state index contributed by atoms with van der Waals surface area (Å²) in [6.45, 7) is 3.57. The van der Waals surface area contributed by atoms with Gasteiger partial charge in [-0.05, 0) is 48.2 Å². The van der Waals surface area contributed by atoms with E-state index in [1.807, 2.05) is 68.4 Å². The Kier molecular flexibility index (Phi) is 11.0. The number of carbonyl (C=O) groups is 2. The van der Waals surface area contributed by atoms with Crippen LogP contribution in [0.25, 0.3) is 0 Å². The lowest BCUT2D eigenvalue weighted by Gasteiger charge is -2.34. The van der Waals surface area contributed by atoms with Gasteiger partial charge in [-0.15, -0.1) is 0 Å². The first kappa shape index (κ1) is 32.9. The van der Waals surface area contributed by atoms with Gasteiger partial charge in [0, 0.05) is 31.6 Å². The predicted molar refractivity (Wildman–Crippen MR) is 173 cm³/mol. The van der Waals surface area contributed by atoms with E-state index in [2.05, 4.69) is 5.32 Å². The van der Waals surface area contributed by atoms with Crippen molar-refractivity contribution in [2.24, 2.45) is 0 Å². The van der Waals surface area contributed by atoms with Crippen LogP contribution in [-0.2, 0) is 32.6 Å². The maximum absolute atomic E-state index is 14.5. The van der Waals surface area contributed by atoms with Gasteiger partial charge in [0.1, 0.15) is 12.6 Å². The third kappa shape index (κ3) is 8.33. The van der Waals surface area contributed by atoms with E-state index in [1.54, 1.807) is 18.2 Å². The molecule has 1 N–H and O–H groups in total. The van der Waals surface area contributed by atoms with E-state index in [1.165, 1.54) is 35.2 Å². The molecule has 0 radical (unpaired) electrons. The Labute approximate surface area is 263 Å². The molecule has 0 fully saturated rings.